The zero-order valence-corrected chi connectivity index (χ0v) is 8.42. The van der Waals surface area contributed by atoms with Crippen LogP contribution < -0.4 is 5.56 Å². The van der Waals surface area contributed by atoms with Crippen molar-refractivity contribution < 1.29 is 23.1 Å². The van der Waals surface area contributed by atoms with Crippen molar-refractivity contribution in [3.63, 3.8) is 0 Å². The third-order valence-electron chi connectivity index (χ3n) is 2.13. The van der Waals surface area contributed by atoms with Gasteiger partial charge in [0.05, 0.1) is 0 Å². The Morgan fingerprint density at radius 1 is 1.44 bits per heavy atom. The van der Waals surface area contributed by atoms with Crippen molar-refractivity contribution in [1.82, 2.24) is 4.57 Å². The third-order valence-corrected chi connectivity index (χ3v) is 2.13. The molecule has 0 saturated carbocycles. The highest BCUT2D eigenvalue weighted by Gasteiger charge is 2.35. The van der Waals surface area contributed by atoms with Crippen molar-refractivity contribution in [1.29, 1.82) is 0 Å². The summed E-state index contributed by atoms with van der Waals surface area (Å²) in [4.78, 5) is 22.0. The molecule has 0 aromatic carbocycles. The van der Waals surface area contributed by atoms with E-state index in [0.29, 0.717) is 6.07 Å². The molecule has 0 fully saturated rings. The largest absolute Gasteiger partial charge is 0.477 e. The molecule has 0 atom stereocenters. The van der Waals surface area contributed by atoms with Gasteiger partial charge in [-0.05, 0) is 18.6 Å². The molecule has 7 heteroatoms. The van der Waals surface area contributed by atoms with Gasteiger partial charge >= 0.3 is 12.1 Å². The molecule has 0 saturated heterocycles. The SMILES string of the molecule is Cc1cc(C(F)(F)F)n(C)c(=O)c1C(=O)O. The summed E-state index contributed by atoms with van der Waals surface area (Å²) in [6.45, 7) is 1.15. The quantitative estimate of drug-likeness (QED) is 0.800. The Bertz CT molecular complexity index is 502. The number of alkyl halides is 3. The molecule has 0 aliphatic heterocycles. The zero-order chi connectivity index (χ0) is 12.7. The predicted molar refractivity (Wildman–Crippen MR) is 48.4 cm³/mol. The van der Waals surface area contributed by atoms with Gasteiger partial charge in [0.1, 0.15) is 11.3 Å². The second-order valence-corrected chi connectivity index (χ2v) is 3.25. The van der Waals surface area contributed by atoms with Gasteiger partial charge in [-0.2, -0.15) is 13.2 Å². The monoisotopic (exact) mass is 235 g/mol. The first-order valence-corrected chi connectivity index (χ1v) is 4.17. The van der Waals surface area contributed by atoms with E-state index in [1.807, 2.05) is 0 Å². The van der Waals surface area contributed by atoms with Crippen LogP contribution in [0.5, 0.6) is 0 Å². The number of carboxylic acid groups (broad SMARTS) is 1. The van der Waals surface area contributed by atoms with Crippen LogP contribution in [0.25, 0.3) is 0 Å². The number of carboxylic acids is 1. The fraction of sp³-hybridized carbons (Fsp3) is 0.333. The molecule has 4 nitrogen and oxygen atoms in total. The molecule has 1 N–H and O–H groups in total. The maximum atomic E-state index is 12.4. The molecule has 1 aromatic heterocycles. The highest BCUT2D eigenvalue weighted by Crippen LogP contribution is 2.28. The number of carbonyl (C=O) groups is 1. The average molecular weight is 235 g/mol. The van der Waals surface area contributed by atoms with Gasteiger partial charge in [0.2, 0.25) is 0 Å². The first-order chi connectivity index (χ1) is 7.16. The fourth-order valence-electron chi connectivity index (χ4n) is 1.35. The van der Waals surface area contributed by atoms with Crippen LogP contribution in [0.15, 0.2) is 10.9 Å². The lowest BCUT2D eigenvalue weighted by atomic mass is 10.1. The Balaban J connectivity index is 3.65. The Morgan fingerprint density at radius 2 is 1.94 bits per heavy atom. The van der Waals surface area contributed by atoms with Crippen molar-refractivity contribution in [3.8, 4) is 0 Å². The Hall–Kier alpha value is -1.79. The van der Waals surface area contributed by atoms with E-state index < -0.39 is 29.0 Å². The molecule has 1 aromatic rings. The number of aromatic carboxylic acids is 1. The number of aromatic nitrogens is 1. The molecule has 1 heterocycles. The van der Waals surface area contributed by atoms with E-state index in [2.05, 4.69) is 0 Å². The van der Waals surface area contributed by atoms with Gasteiger partial charge in [-0.25, -0.2) is 4.79 Å². The predicted octanol–water partition coefficient (Wildman–Crippen LogP) is 1.41. The summed E-state index contributed by atoms with van der Waals surface area (Å²) in [5.41, 5.74) is -3.18. The molecule has 0 amide bonds. The van der Waals surface area contributed by atoms with E-state index >= 15 is 0 Å². The molecule has 0 aliphatic rings. The zero-order valence-electron chi connectivity index (χ0n) is 8.42. The number of hydrogen-bond donors (Lipinski definition) is 1. The van der Waals surface area contributed by atoms with Crippen LogP contribution in [0, 0.1) is 6.92 Å². The number of nitrogens with zero attached hydrogens (tertiary/aromatic N) is 1. The summed E-state index contributed by atoms with van der Waals surface area (Å²) in [5, 5.41) is 8.67. The highest BCUT2D eigenvalue weighted by atomic mass is 19.4. The van der Waals surface area contributed by atoms with Crippen LogP contribution in [0.4, 0.5) is 13.2 Å². The molecule has 0 unspecified atom stereocenters. The van der Waals surface area contributed by atoms with E-state index in [4.69, 9.17) is 5.11 Å². The normalized spacial score (nSPS) is 11.6. The molecule has 0 radical (unpaired) electrons. The average Bonchev–Trinajstić information content (AvgIpc) is 2.09. The Kier molecular flexibility index (Phi) is 2.81. The van der Waals surface area contributed by atoms with Gasteiger partial charge in [-0.3, -0.25) is 4.79 Å². The number of aryl methyl sites for hydroxylation is 1. The molecule has 0 spiro atoms. The van der Waals surface area contributed by atoms with E-state index in [-0.39, 0.29) is 10.1 Å². The van der Waals surface area contributed by atoms with Crippen molar-refractivity contribution in [2.75, 3.05) is 0 Å². The molecule has 0 bridgehead atoms. The van der Waals surface area contributed by atoms with Crippen LogP contribution >= 0.6 is 0 Å². The number of hydrogen-bond acceptors (Lipinski definition) is 2. The van der Waals surface area contributed by atoms with Crippen LogP contribution in [0.3, 0.4) is 0 Å². The summed E-state index contributed by atoms with van der Waals surface area (Å²) in [5.74, 6) is -1.54. The van der Waals surface area contributed by atoms with Crippen LogP contribution in [0.1, 0.15) is 21.6 Å². The van der Waals surface area contributed by atoms with E-state index in [9.17, 15) is 22.8 Å². The summed E-state index contributed by atoms with van der Waals surface area (Å²) in [6, 6.07) is 0.644. The van der Waals surface area contributed by atoms with Crippen LogP contribution in [-0.2, 0) is 13.2 Å². The van der Waals surface area contributed by atoms with E-state index in [1.54, 1.807) is 0 Å². The lowest BCUT2D eigenvalue weighted by Crippen LogP contribution is -2.31. The lowest BCUT2D eigenvalue weighted by molar-refractivity contribution is -0.143. The number of halogens is 3. The Morgan fingerprint density at radius 3 is 2.31 bits per heavy atom. The van der Waals surface area contributed by atoms with Crippen LogP contribution in [0.2, 0.25) is 0 Å². The third kappa shape index (κ3) is 1.93. The number of rotatable bonds is 1. The van der Waals surface area contributed by atoms with Crippen molar-refractivity contribution in [2.45, 2.75) is 13.1 Å². The second kappa shape index (κ2) is 3.66. The van der Waals surface area contributed by atoms with Gasteiger partial charge < -0.3 is 9.67 Å². The molecule has 16 heavy (non-hydrogen) atoms. The number of pyridine rings is 1. The maximum Gasteiger partial charge on any atom is 0.431 e. The minimum atomic E-state index is -4.68. The maximum absolute atomic E-state index is 12.4. The highest BCUT2D eigenvalue weighted by molar-refractivity contribution is 5.88. The Labute approximate surface area is 87.9 Å². The first kappa shape index (κ1) is 12.3. The summed E-state index contributed by atoms with van der Waals surface area (Å²) < 4.78 is 37.6. The van der Waals surface area contributed by atoms with E-state index in [1.165, 1.54) is 0 Å². The molecule has 0 aliphatic carbocycles. The molecule has 88 valence electrons. The van der Waals surface area contributed by atoms with E-state index in [0.717, 1.165) is 14.0 Å². The lowest BCUT2D eigenvalue weighted by Gasteiger charge is -2.13. The summed E-state index contributed by atoms with van der Waals surface area (Å²) >= 11 is 0. The van der Waals surface area contributed by atoms with Gasteiger partial charge in [0.25, 0.3) is 5.56 Å². The van der Waals surface area contributed by atoms with Crippen molar-refractivity contribution in [2.24, 2.45) is 7.05 Å². The molecular weight excluding hydrogens is 227 g/mol. The first-order valence-electron chi connectivity index (χ1n) is 4.17. The smallest absolute Gasteiger partial charge is 0.431 e. The standard InChI is InChI=1S/C9H8F3NO3/c1-4-3-5(9(10,11)12)13(2)7(14)6(4)8(15)16/h3H,1-2H3,(H,15,16). The fourth-order valence-corrected chi connectivity index (χ4v) is 1.35. The van der Waals surface area contributed by atoms with Crippen LogP contribution in [-0.4, -0.2) is 15.6 Å². The molecular formula is C9H8F3NO3. The van der Waals surface area contributed by atoms with Gasteiger partial charge in [-0.15, -0.1) is 0 Å². The second-order valence-electron chi connectivity index (χ2n) is 3.25. The van der Waals surface area contributed by atoms with Crippen molar-refractivity contribution in [3.05, 3.63) is 33.2 Å². The minimum Gasteiger partial charge on any atom is -0.477 e. The van der Waals surface area contributed by atoms with Crippen molar-refractivity contribution >= 4 is 5.97 Å². The topological polar surface area (TPSA) is 59.3 Å². The van der Waals surface area contributed by atoms with Gasteiger partial charge in [-0.1, -0.05) is 0 Å². The van der Waals surface area contributed by atoms with Gasteiger partial charge in [0.15, 0.2) is 0 Å². The summed E-state index contributed by atoms with van der Waals surface area (Å²) in [7, 11) is 0.886. The molecule has 1 rings (SSSR count). The van der Waals surface area contributed by atoms with Gasteiger partial charge in [0, 0.05) is 7.05 Å². The summed E-state index contributed by atoms with van der Waals surface area (Å²) in [6.07, 6.45) is -4.68. The minimum absolute atomic E-state index is 0.206.